The smallest absolute Gasteiger partial charge is 0.324 e. The van der Waals surface area contributed by atoms with Crippen molar-refractivity contribution in [2.75, 3.05) is 6.61 Å². The summed E-state index contributed by atoms with van der Waals surface area (Å²) >= 11 is 12.4. The van der Waals surface area contributed by atoms with Crippen LogP contribution in [0.15, 0.2) is 41.5 Å². The molecule has 0 aliphatic carbocycles. The van der Waals surface area contributed by atoms with Gasteiger partial charge in [-0.2, -0.15) is 0 Å². The fourth-order valence-electron chi connectivity index (χ4n) is 2.66. The van der Waals surface area contributed by atoms with Crippen LogP contribution < -0.4 is 5.73 Å². The number of aliphatic hydroxyl groups is 1. The summed E-state index contributed by atoms with van der Waals surface area (Å²) in [5, 5.41) is 11.5. The van der Waals surface area contributed by atoms with Crippen LogP contribution in [-0.2, 0) is 19.1 Å². The summed E-state index contributed by atoms with van der Waals surface area (Å²) in [5.41, 5.74) is 5.73. The molecule has 8 nitrogen and oxygen atoms in total. The number of nitrogens with two attached hydrogens (primary N) is 1. The average molecular weight is 471 g/mol. The van der Waals surface area contributed by atoms with Gasteiger partial charge >= 0.3 is 11.9 Å². The molecule has 31 heavy (non-hydrogen) atoms. The van der Waals surface area contributed by atoms with Crippen LogP contribution in [0.4, 0.5) is 0 Å². The van der Waals surface area contributed by atoms with E-state index in [1.807, 2.05) is 0 Å². The third-order valence-electron chi connectivity index (χ3n) is 4.02. The maximum absolute atomic E-state index is 12.6. The third kappa shape index (κ3) is 6.30. The van der Waals surface area contributed by atoms with Crippen molar-refractivity contribution in [3.63, 3.8) is 0 Å². The molecule has 0 fully saturated rings. The molecule has 3 atom stereocenters. The molecule has 1 aromatic heterocycles. The van der Waals surface area contributed by atoms with E-state index in [4.69, 9.17) is 42.8 Å². The molecular weight excluding hydrogens is 447 g/mol. The van der Waals surface area contributed by atoms with Gasteiger partial charge in [0.15, 0.2) is 0 Å². The van der Waals surface area contributed by atoms with Crippen LogP contribution in [0.3, 0.4) is 0 Å². The van der Waals surface area contributed by atoms with Gasteiger partial charge in [0.25, 0.3) is 0 Å². The van der Waals surface area contributed by atoms with Crippen LogP contribution in [0, 0.1) is 5.92 Å². The van der Waals surface area contributed by atoms with Gasteiger partial charge in [0.05, 0.1) is 10.0 Å². The second-order valence-electron chi connectivity index (χ2n) is 7.62. The van der Waals surface area contributed by atoms with Crippen molar-refractivity contribution in [1.82, 2.24) is 4.98 Å². The Hall–Kier alpha value is -2.39. The van der Waals surface area contributed by atoms with Crippen LogP contribution >= 0.6 is 23.2 Å². The molecule has 10 heteroatoms. The van der Waals surface area contributed by atoms with Crippen LogP contribution in [0.25, 0.3) is 11.3 Å². The molecule has 0 bridgehead atoms. The predicted molar refractivity (Wildman–Crippen MR) is 115 cm³/mol. The van der Waals surface area contributed by atoms with E-state index in [9.17, 15) is 14.7 Å². The molecule has 2 aromatic rings. The van der Waals surface area contributed by atoms with E-state index in [0.717, 1.165) is 0 Å². The van der Waals surface area contributed by atoms with Gasteiger partial charge in [-0.1, -0.05) is 41.9 Å². The molecule has 168 valence electrons. The highest BCUT2D eigenvalue weighted by Gasteiger charge is 2.42. The molecular formula is C21H24Cl2N2O6. The molecule has 0 aliphatic rings. The number of ether oxygens (including phenoxy) is 2. The quantitative estimate of drug-likeness (QED) is 0.441. The maximum atomic E-state index is 12.6. The molecule has 0 amide bonds. The Bertz CT molecular complexity index is 933. The molecule has 0 radical (unpaired) electrons. The topological polar surface area (TPSA) is 125 Å². The zero-order valence-corrected chi connectivity index (χ0v) is 18.8. The molecule has 0 spiro atoms. The first kappa shape index (κ1) is 24.9. The Balaban J connectivity index is 2.38. The highest BCUT2D eigenvalue weighted by Crippen LogP contribution is 2.35. The minimum absolute atomic E-state index is 0.144. The van der Waals surface area contributed by atoms with Gasteiger partial charge in [0.1, 0.15) is 42.2 Å². The van der Waals surface area contributed by atoms with Crippen molar-refractivity contribution in [3.8, 4) is 11.3 Å². The van der Waals surface area contributed by atoms with E-state index in [2.05, 4.69) is 11.6 Å². The summed E-state index contributed by atoms with van der Waals surface area (Å²) in [6, 6.07) is 3.34. The normalized spacial score (nSPS) is 14.4. The van der Waals surface area contributed by atoms with Crippen molar-refractivity contribution < 1.29 is 28.6 Å². The Labute approximate surface area is 189 Å². The number of carbonyl (C=O) groups is 2. The van der Waals surface area contributed by atoms with Crippen molar-refractivity contribution >= 4 is 35.1 Å². The third-order valence-corrected chi connectivity index (χ3v) is 4.65. The summed E-state index contributed by atoms with van der Waals surface area (Å²) in [4.78, 5) is 29.2. The first-order valence-corrected chi connectivity index (χ1v) is 10.1. The second-order valence-corrected chi connectivity index (χ2v) is 8.43. The number of aromatic nitrogens is 1. The molecule has 2 unspecified atom stereocenters. The van der Waals surface area contributed by atoms with Crippen molar-refractivity contribution in [1.29, 1.82) is 0 Å². The Morgan fingerprint density at radius 1 is 1.29 bits per heavy atom. The van der Waals surface area contributed by atoms with E-state index in [0.29, 0.717) is 15.6 Å². The van der Waals surface area contributed by atoms with Crippen molar-refractivity contribution in [2.45, 2.75) is 38.5 Å². The van der Waals surface area contributed by atoms with Gasteiger partial charge in [-0.05, 0) is 32.9 Å². The number of oxazole rings is 1. The fraction of sp³-hybridized carbons (Fsp3) is 0.381. The predicted octanol–water partition coefficient (Wildman–Crippen LogP) is 3.70. The number of aliphatic hydroxyl groups excluding tert-OH is 1. The molecule has 2 rings (SSSR count). The number of halogens is 2. The summed E-state index contributed by atoms with van der Waals surface area (Å²) in [6.07, 6.45) is 0.842. The molecule has 0 saturated carbocycles. The lowest BCUT2D eigenvalue weighted by Crippen LogP contribution is -2.48. The number of nitrogens with zero attached hydrogens (tertiary/aromatic N) is 1. The van der Waals surface area contributed by atoms with Gasteiger partial charge in [-0.25, -0.2) is 4.98 Å². The van der Waals surface area contributed by atoms with E-state index in [1.165, 1.54) is 12.3 Å². The van der Waals surface area contributed by atoms with Gasteiger partial charge in [-0.15, -0.1) is 0 Å². The summed E-state index contributed by atoms with van der Waals surface area (Å²) < 4.78 is 15.6. The minimum Gasteiger partial charge on any atom is -0.461 e. The summed E-state index contributed by atoms with van der Waals surface area (Å²) in [7, 11) is 0. The molecule has 3 N–H and O–H groups in total. The lowest BCUT2D eigenvalue weighted by atomic mass is 9.93. The van der Waals surface area contributed by atoms with Crippen LogP contribution in [0.2, 0.25) is 10.0 Å². The van der Waals surface area contributed by atoms with E-state index < -0.39 is 35.6 Å². The number of rotatable bonds is 8. The standard InChI is InChI=1S/C21H24Cl2N2O6/c1-5-9-29-19(27)15(16(24)20(28)31-21(2,3)4)17(26)18-25-13(10-30-18)14-11(22)7-6-8-12(14)23/h5-8,10,15-17,26H,1,9,24H2,2-4H3/t15-,16?,17?/m0/s1. The first-order valence-electron chi connectivity index (χ1n) is 9.30. The number of hydrogen-bond acceptors (Lipinski definition) is 8. The van der Waals surface area contributed by atoms with Crippen molar-refractivity contribution in [3.05, 3.63) is 53.1 Å². The second kappa shape index (κ2) is 10.3. The Kier molecular flexibility index (Phi) is 8.25. The molecule has 1 aromatic carbocycles. The monoisotopic (exact) mass is 470 g/mol. The molecule has 1 heterocycles. The van der Waals surface area contributed by atoms with Gasteiger partial charge in [-0.3, -0.25) is 9.59 Å². The van der Waals surface area contributed by atoms with Gasteiger partial charge in [0, 0.05) is 5.56 Å². The highest BCUT2D eigenvalue weighted by molar-refractivity contribution is 6.39. The number of carbonyl (C=O) groups excluding carboxylic acids is 2. The zero-order valence-electron chi connectivity index (χ0n) is 17.3. The maximum Gasteiger partial charge on any atom is 0.324 e. The highest BCUT2D eigenvalue weighted by atomic mass is 35.5. The molecule has 0 saturated heterocycles. The van der Waals surface area contributed by atoms with E-state index in [1.54, 1.807) is 39.0 Å². The van der Waals surface area contributed by atoms with Crippen LogP contribution in [0.5, 0.6) is 0 Å². The molecule has 0 aliphatic heterocycles. The van der Waals surface area contributed by atoms with Crippen LogP contribution in [-0.4, -0.2) is 40.3 Å². The van der Waals surface area contributed by atoms with Crippen molar-refractivity contribution in [2.24, 2.45) is 11.7 Å². The van der Waals surface area contributed by atoms with E-state index in [-0.39, 0.29) is 18.2 Å². The number of hydrogen-bond donors (Lipinski definition) is 2. The van der Waals surface area contributed by atoms with Crippen LogP contribution in [0.1, 0.15) is 32.8 Å². The lowest BCUT2D eigenvalue weighted by molar-refractivity contribution is -0.167. The average Bonchev–Trinajstić information content (AvgIpc) is 3.14. The Morgan fingerprint density at radius 2 is 1.90 bits per heavy atom. The minimum atomic E-state index is -1.71. The Morgan fingerprint density at radius 3 is 2.45 bits per heavy atom. The largest absolute Gasteiger partial charge is 0.461 e. The summed E-state index contributed by atoms with van der Waals surface area (Å²) in [6.45, 7) is 8.25. The summed E-state index contributed by atoms with van der Waals surface area (Å²) in [5.74, 6) is -3.66. The SMILES string of the molecule is C=CCOC(=O)[C@@H](C(N)C(=O)OC(C)(C)C)C(O)c1nc(-c2c(Cl)cccc2Cl)co1. The zero-order chi connectivity index (χ0) is 23.3. The lowest BCUT2D eigenvalue weighted by Gasteiger charge is -2.27. The fourth-order valence-corrected chi connectivity index (χ4v) is 3.25. The van der Waals surface area contributed by atoms with Gasteiger partial charge in [0.2, 0.25) is 5.89 Å². The first-order chi connectivity index (χ1) is 14.5. The van der Waals surface area contributed by atoms with Gasteiger partial charge < -0.3 is 24.7 Å². The number of benzene rings is 1. The number of esters is 2. The van der Waals surface area contributed by atoms with E-state index >= 15 is 0 Å².